The third-order valence-electron chi connectivity index (χ3n) is 4.92. The smallest absolute Gasteiger partial charge is 0.415 e. The summed E-state index contributed by atoms with van der Waals surface area (Å²) in [5.74, 6) is 1.37. The molecule has 0 radical (unpaired) electrons. The fourth-order valence-corrected chi connectivity index (χ4v) is 3.47. The van der Waals surface area contributed by atoms with Crippen LogP contribution in [0.3, 0.4) is 0 Å². The first-order valence-electron chi connectivity index (χ1n) is 11.1. The number of aromatic nitrogens is 1. The molecule has 0 bridgehead atoms. The number of hydrogen-bond acceptors (Lipinski definition) is 6. The van der Waals surface area contributed by atoms with Crippen LogP contribution in [0.5, 0.6) is 0 Å². The van der Waals surface area contributed by atoms with Crippen LogP contribution >= 0.6 is 0 Å². The molecule has 7 heteroatoms. The molecule has 0 saturated carbocycles. The quantitative estimate of drug-likeness (QED) is 0.547. The summed E-state index contributed by atoms with van der Waals surface area (Å²) in [5.41, 5.74) is 2.33. The monoisotopic (exact) mass is 439 g/mol. The Morgan fingerprint density at radius 1 is 1.25 bits per heavy atom. The van der Waals surface area contributed by atoms with Crippen molar-refractivity contribution in [3.05, 3.63) is 59.5 Å². The second-order valence-corrected chi connectivity index (χ2v) is 8.62. The molecule has 3 rings (SSSR count). The molecule has 1 aromatic rings. The maximum absolute atomic E-state index is 12.5. The molecule has 0 fully saturated rings. The Balaban J connectivity index is 1.69. The molecule has 0 saturated heterocycles. The molecule has 2 atom stereocenters. The summed E-state index contributed by atoms with van der Waals surface area (Å²) in [5, 5.41) is 0. The maximum atomic E-state index is 12.5. The average molecular weight is 440 g/mol. The highest BCUT2D eigenvalue weighted by Crippen LogP contribution is 2.27. The summed E-state index contributed by atoms with van der Waals surface area (Å²) in [6, 6.07) is 3.81. The van der Waals surface area contributed by atoms with Gasteiger partial charge < -0.3 is 14.2 Å². The minimum absolute atomic E-state index is 0.0540. The number of carbonyl (C=O) groups is 1. The first kappa shape index (κ1) is 23.7. The van der Waals surface area contributed by atoms with Crippen molar-refractivity contribution in [1.29, 1.82) is 0 Å². The van der Waals surface area contributed by atoms with E-state index in [0.717, 1.165) is 29.0 Å². The molecule has 1 aromatic heterocycles. The average Bonchev–Trinajstić information content (AvgIpc) is 2.73. The number of dihydropyridines is 1. The third-order valence-corrected chi connectivity index (χ3v) is 4.92. The zero-order valence-electron chi connectivity index (χ0n) is 19.8. The second-order valence-electron chi connectivity index (χ2n) is 8.62. The highest BCUT2D eigenvalue weighted by Gasteiger charge is 2.24. The lowest BCUT2D eigenvalue weighted by molar-refractivity contribution is -0.0961. The van der Waals surface area contributed by atoms with Gasteiger partial charge in [-0.3, -0.25) is 9.89 Å². The maximum Gasteiger partial charge on any atom is 0.415 e. The second kappa shape index (κ2) is 10.1. The number of amides is 1. The van der Waals surface area contributed by atoms with Gasteiger partial charge in [-0.05, 0) is 83.9 Å². The van der Waals surface area contributed by atoms with E-state index in [4.69, 9.17) is 19.2 Å². The molecule has 1 amide bonds. The number of hydrogen-bond donors (Lipinski definition) is 0. The van der Waals surface area contributed by atoms with Gasteiger partial charge >= 0.3 is 6.09 Å². The topological polar surface area (TPSA) is 73.2 Å². The van der Waals surface area contributed by atoms with Crippen molar-refractivity contribution in [1.82, 2.24) is 4.98 Å². The number of allylic oxidation sites excluding steroid dienone is 2. The third kappa shape index (κ3) is 6.07. The highest BCUT2D eigenvalue weighted by molar-refractivity contribution is 6.09. The number of anilines is 1. The van der Waals surface area contributed by atoms with Gasteiger partial charge in [0.15, 0.2) is 6.29 Å². The lowest BCUT2D eigenvalue weighted by atomic mass is 9.94. The van der Waals surface area contributed by atoms with Crippen LogP contribution in [0.1, 0.15) is 53.5 Å². The van der Waals surface area contributed by atoms with Gasteiger partial charge in [-0.25, -0.2) is 9.78 Å². The van der Waals surface area contributed by atoms with E-state index in [-0.39, 0.29) is 12.3 Å². The first-order chi connectivity index (χ1) is 15.2. The Morgan fingerprint density at radius 3 is 2.66 bits per heavy atom. The van der Waals surface area contributed by atoms with Gasteiger partial charge in [0.25, 0.3) is 0 Å². The number of carbonyl (C=O) groups excluding carboxylic acids is 1. The molecule has 1 aliphatic heterocycles. The molecule has 2 aliphatic rings. The number of aliphatic imine (C=N–C) groups is 1. The SMILES string of the molecule is CCOC(C)OC1=CC[C@@H]2N=C(c3ccc(N(CC)C(=O)OC(C)(C)C)nc3)C=CC2=C1. The lowest BCUT2D eigenvalue weighted by Crippen LogP contribution is -2.37. The minimum atomic E-state index is -0.558. The summed E-state index contributed by atoms with van der Waals surface area (Å²) >= 11 is 0. The summed E-state index contributed by atoms with van der Waals surface area (Å²) < 4.78 is 16.7. The Bertz CT molecular complexity index is 939. The van der Waals surface area contributed by atoms with E-state index in [0.29, 0.717) is 19.0 Å². The lowest BCUT2D eigenvalue weighted by Gasteiger charge is -2.26. The van der Waals surface area contributed by atoms with Crippen LogP contribution in [0.25, 0.3) is 0 Å². The highest BCUT2D eigenvalue weighted by atomic mass is 16.7. The Kier molecular flexibility index (Phi) is 7.51. The largest absolute Gasteiger partial charge is 0.466 e. The number of fused-ring (bicyclic) bond motifs is 1. The fourth-order valence-electron chi connectivity index (χ4n) is 3.47. The van der Waals surface area contributed by atoms with Crippen molar-refractivity contribution >= 4 is 17.6 Å². The van der Waals surface area contributed by atoms with Crippen LogP contribution in [-0.2, 0) is 14.2 Å². The molecule has 0 N–H and O–H groups in total. The predicted molar refractivity (Wildman–Crippen MR) is 126 cm³/mol. The summed E-state index contributed by atoms with van der Waals surface area (Å²) in [7, 11) is 0. The van der Waals surface area contributed by atoms with Gasteiger partial charge in [0, 0.05) is 24.9 Å². The van der Waals surface area contributed by atoms with Crippen molar-refractivity contribution in [2.45, 2.75) is 65.9 Å². The van der Waals surface area contributed by atoms with Gasteiger partial charge in [0.2, 0.25) is 0 Å². The molecule has 2 heterocycles. The Labute approximate surface area is 190 Å². The van der Waals surface area contributed by atoms with E-state index in [1.165, 1.54) is 4.90 Å². The Hall–Kier alpha value is -2.93. The molecule has 1 aliphatic carbocycles. The van der Waals surface area contributed by atoms with E-state index in [1.54, 1.807) is 6.20 Å². The van der Waals surface area contributed by atoms with Crippen LogP contribution in [0, 0.1) is 0 Å². The van der Waals surface area contributed by atoms with Gasteiger partial charge in [-0.15, -0.1) is 0 Å². The van der Waals surface area contributed by atoms with E-state index in [1.807, 2.05) is 71.9 Å². The van der Waals surface area contributed by atoms with Crippen LogP contribution in [0.2, 0.25) is 0 Å². The summed E-state index contributed by atoms with van der Waals surface area (Å²) in [4.78, 5) is 23.4. The van der Waals surface area contributed by atoms with Gasteiger partial charge in [0.1, 0.15) is 17.2 Å². The molecule has 0 spiro atoms. The van der Waals surface area contributed by atoms with Crippen molar-refractivity contribution in [3.8, 4) is 0 Å². The minimum Gasteiger partial charge on any atom is -0.466 e. The summed E-state index contributed by atoms with van der Waals surface area (Å²) in [6.45, 7) is 12.4. The number of nitrogens with zero attached hydrogens (tertiary/aromatic N) is 3. The normalized spacial score (nSPS) is 18.7. The van der Waals surface area contributed by atoms with E-state index in [9.17, 15) is 4.79 Å². The van der Waals surface area contributed by atoms with E-state index in [2.05, 4.69) is 11.1 Å². The molecular formula is C25H33N3O4. The van der Waals surface area contributed by atoms with Crippen LogP contribution < -0.4 is 4.90 Å². The molecular weight excluding hydrogens is 406 g/mol. The number of ether oxygens (including phenoxy) is 3. The predicted octanol–water partition coefficient (Wildman–Crippen LogP) is 5.18. The van der Waals surface area contributed by atoms with E-state index < -0.39 is 11.7 Å². The zero-order valence-corrected chi connectivity index (χ0v) is 19.8. The standard InChI is InChI=1S/C25H33N3O4/c1-7-28(24(29)32-25(4,5)6)23-14-10-19(16-26-23)22-12-9-18-15-20(11-13-21(18)27-22)31-17(3)30-8-2/h9-12,14-17,21H,7-8,13H2,1-6H3/t17?,21-/m0/s1. The number of rotatable bonds is 7. The first-order valence-corrected chi connectivity index (χ1v) is 11.1. The van der Waals surface area contributed by atoms with Crippen LogP contribution in [0.4, 0.5) is 10.6 Å². The molecule has 1 unspecified atom stereocenters. The van der Waals surface area contributed by atoms with Crippen molar-refractivity contribution in [2.75, 3.05) is 18.1 Å². The van der Waals surface area contributed by atoms with Gasteiger partial charge in [-0.1, -0.05) is 6.08 Å². The van der Waals surface area contributed by atoms with Crippen molar-refractivity contribution in [3.63, 3.8) is 0 Å². The van der Waals surface area contributed by atoms with Crippen molar-refractivity contribution in [2.24, 2.45) is 4.99 Å². The van der Waals surface area contributed by atoms with E-state index >= 15 is 0 Å². The number of pyridine rings is 1. The fraction of sp³-hybridized carbons (Fsp3) is 0.480. The van der Waals surface area contributed by atoms with Crippen molar-refractivity contribution < 1.29 is 19.0 Å². The van der Waals surface area contributed by atoms with Gasteiger partial charge in [0.05, 0.1) is 11.8 Å². The van der Waals surface area contributed by atoms with Crippen LogP contribution in [-0.4, -0.2) is 47.9 Å². The summed E-state index contributed by atoms with van der Waals surface area (Å²) in [6.07, 6.45) is 9.95. The van der Waals surface area contributed by atoms with Crippen LogP contribution in [0.15, 0.2) is 59.0 Å². The molecule has 32 heavy (non-hydrogen) atoms. The molecule has 0 aromatic carbocycles. The molecule has 7 nitrogen and oxygen atoms in total. The van der Waals surface area contributed by atoms with Gasteiger partial charge in [-0.2, -0.15) is 0 Å². The Morgan fingerprint density at radius 2 is 2.03 bits per heavy atom. The molecule has 172 valence electrons. The zero-order chi connectivity index (χ0) is 23.3.